The molecule has 7 nitrogen and oxygen atoms in total. The number of ether oxygens (including phenoxy) is 2. The highest BCUT2D eigenvalue weighted by Gasteiger charge is 2.16. The van der Waals surface area contributed by atoms with Crippen molar-refractivity contribution in [3.05, 3.63) is 40.2 Å². The van der Waals surface area contributed by atoms with Crippen LogP contribution in [0.4, 0.5) is 0 Å². The van der Waals surface area contributed by atoms with E-state index in [-0.39, 0.29) is 5.56 Å². The van der Waals surface area contributed by atoms with Crippen LogP contribution in [0.5, 0.6) is 5.75 Å². The third kappa shape index (κ3) is 4.42. The lowest BCUT2D eigenvalue weighted by Crippen LogP contribution is -3.14. The third-order valence-electron chi connectivity index (χ3n) is 4.46. The number of benzene rings is 1. The Morgan fingerprint density at radius 2 is 2.12 bits per heavy atom. The van der Waals surface area contributed by atoms with Crippen molar-refractivity contribution in [1.82, 2.24) is 5.32 Å². The van der Waals surface area contributed by atoms with Gasteiger partial charge in [0.05, 0.1) is 26.4 Å². The van der Waals surface area contributed by atoms with E-state index in [9.17, 15) is 9.59 Å². The molecule has 2 N–H and O–H groups in total. The normalized spacial score (nSPS) is 15.1. The first-order valence-corrected chi connectivity index (χ1v) is 9.08. The molecule has 0 saturated carbocycles. The Labute approximate surface area is 151 Å². The number of rotatable bonds is 7. The monoisotopic (exact) mass is 361 g/mol. The Hall–Kier alpha value is -2.38. The summed E-state index contributed by atoms with van der Waals surface area (Å²) in [6.45, 7) is 7.43. The Morgan fingerprint density at radius 3 is 2.88 bits per heavy atom. The summed E-state index contributed by atoms with van der Waals surface area (Å²) in [6, 6.07) is 6.90. The zero-order chi connectivity index (χ0) is 18.4. The lowest BCUT2D eigenvalue weighted by atomic mass is 10.1. The van der Waals surface area contributed by atoms with Gasteiger partial charge < -0.3 is 24.1 Å². The van der Waals surface area contributed by atoms with Gasteiger partial charge in [0.2, 0.25) is 0 Å². The maximum absolute atomic E-state index is 12.3. The molecule has 1 aromatic carbocycles. The number of quaternary nitrogens is 1. The second-order valence-electron chi connectivity index (χ2n) is 6.28. The van der Waals surface area contributed by atoms with Crippen molar-refractivity contribution in [2.24, 2.45) is 0 Å². The van der Waals surface area contributed by atoms with Gasteiger partial charge in [0.25, 0.3) is 5.91 Å². The van der Waals surface area contributed by atoms with Gasteiger partial charge in [-0.3, -0.25) is 4.79 Å². The van der Waals surface area contributed by atoms with Gasteiger partial charge in [-0.1, -0.05) is 12.1 Å². The zero-order valence-electron chi connectivity index (χ0n) is 15.0. The average Bonchev–Trinajstić information content (AvgIpc) is 2.66. The van der Waals surface area contributed by atoms with Crippen LogP contribution in [-0.4, -0.2) is 51.9 Å². The number of para-hydroxylation sites is 1. The minimum atomic E-state index is -0.652. The largest absolute Gasteiger partial charge is 0.490 e. The maximum atomic E-state index is 12.3. The van der Waals surface area contributed by atoms with Gasteiger partial charge in [0.15, 0.2) is 11.3 Å². The third-order valence-corrected chi connectivity index (χ3v) is 4.46. The van der Waals surface area contributed by atoms with Gasteiger partial charge in [-0.2, -0.15) is 0 Å². The van der Waals surface area contributed by atoms with Crippen molar-refractivity contribution in [3.8, 4) is 5.75 Å². The lowest BCUT2D eigenvalue weighted by Gasteiger charge is -2.23. The molecule has 0 aliphatic carbocycles. The summed E-state index contributed by atoms with van der Waals surface area (Å²) in [5.41, 5.74) is -0.266. The molecule has 1 aliphatic rings. The molecule has 0 spiro atoms. The van der Waals surface area contributed by atoms with Gasteiger partial charge in [0.1, 0.15) is 18.7 Å². The average molecular weight is 361 g/mol. The van der Waals surface area contributed by atoms with Crippen LogP contribution in [-0.2, 0) is 4.74 Å². The number of morpholine rings is 1. The topological polar surface area (TPSA) is 82.2 Å². The molecule has 26 heavy (non-hydrogen) atoms. The molecule has 1 amide bonds. The Morgan fingerprint density at radius 1 is 1.31 bits per heavy atom. The second kappa shape index (κ2) is 8.82. The molecular weight excluding hydrogens is 336 g/mol. The van der Waals surface area contributed by atoms with Gasteiger partial charge in [-0.05, 0) is 19.1 Å². The fourth-order valence-electron chi connectivity index (χ4n) is 3.09. The molecule has 0 atom stereocenters. The summed E-state index contributed by atoms with van der Waals surface area (Å²) in [6.07, 6.45) is 0.856. The van der Waals surface area contributed by atoms with E-state index in [1.54, 1.807) is 24.3 Å². The summed E-state index contributed by atoms with van der Waals surface area (Å²) >= 11 is 0. The number of fused-ring (bicyclic) bond motifs is 1. The van der Waals surface area contributed by atoms with Crippen LogP contribution in [0.25, 0.3) is 11.0 Å². The molecule has 1 fully saturated rings. The predicted octanol–water partition coefficient (Wildman–Crippen LogP) is 0.227. The molecule has 2 heterocycles. The first-order valence-electron chi connectivity index (χ1n) is 9.08. The second-order valence-corrected chi connectivity index (χ2v) is 6.28. The van der Waals surface area contributed by atoms with E-state index in [4.69, 9.17) is 13.9 Å². The van der Waals surface area contributed by atoms with Crippen molar-refractivity contribution in [2.45, 2.75) is 13.3 Å². The lowest BCUT2D eigenvalue weighted by molar-refractivity contribution is -0.908. The predicted molar refractivity (Wildman–Crippen MR) is 97.0 cm³/mol. The first kappa shape index (κ1) is 18.4. The van der Waals surface area contributed by atoms with E-state index >= 15 is 0 Å². The molecule has 0 bridgehead atoms. The van der Waals surface area contributed by atoms with Gasteiger partial charge in [-0.15, -0.1) is 0 Å². The zero-order valence-corrected chi connectivity index (χ0v) is 15.0. The Balaban J connectivity index is 1.62. The highest BCUT2D eigenvalue weighted by atomic mass is 16.5. The summed E-state index contributed by atoms with van der Waals surface area (Å²) in [4.78, 5) is 26.0. The maximum Gasteiger partial charge on any atom is 0.349 e. The molecule has 3 rings (SSSR count). The van der Waals surface area contributed by atoms with E-state index in [1.165, 1.54) is 4.90 Å². The van der Waals surface area contributed by atoms with E-state index in [1.807, 2.05) is 6.92 Å². The van der Waals surface area contributed by atoms with Crippen molar-refractivity contribution in [3.63, 3.8) is 0 Å². The number of carbonyl (C=O) groups is 1. The van der Waals surface area contributed by atoms with Crippen LogP contribution in [0.1, 0.15) is 23.7 Å². The van der Waals surface area contributed by atoms with Crippen LogP contribution in [0.2, 0.25) is 0 Å². The molecule has 1 saturated heterocycles. The molecule has 2 aromatic rings. The molecule has 0 unspecified atom stereocenters. The van der Waals surface area contributed by atoms with Crippen molar-refractivity contribution in [1.29, 1.82) is 0 Å². The summed E-state index contributed by atoms with van der Waals surface area (Å²) in [5.74, 6) is 0.0991. The molecule has 0 radical (unpaired) electrons. The van der Waals surface area contributed by atoms with Crippen molar-refractivity contribution in [2.75, 3.05) is 46.0 Å². The van der Waals surface area contributed by atoms with E-state index in [2.05, 4.69) is 5.32 Å². The first-order chi connectivity index (χ1) is 12.7. The molecular formula is C19H25N2O5+. The van der Waals surface area contributed by atoms with Crippen LogP contribution < -0.4 is 20.6 Å². The quantitative estimate of drug-likeness (QED) is 0.545. The van der Waals surface area contributed by atoms with Crippen molar-refractivity contribution < 1.29 is 23.6 Å². The number of nitrogens with one attached hydrogen (secondary N) is 2. The highest BCUT2D eigenvalue weighted by Crippen LogP contribution is 2.24. The number of hydrogen-bond acceptors (Lipinski definition) is 5. The summed E-state index contributed by atoms with van der Waals surface area (Å²) < 4.78 is 16.1. The summed E-state index contributed by atoms with van der Waals surface area (Å²) in [7, 11) is 0. The molecule has 1 aliphatic heterocycles. The van der Waals surface area contributed by atoms with Gasteiger partial charge in [0, 0.05) is 18.4 Å². The summed E-state index contributed by atoms with van der Waals surface area (Å²) in [5, 5.41) is 3.47. The fourth-order valence-corrected chi connectivity index (χ4v) is 3.09. The Kier molecular flexibility index (Phi) is 6.25. The number of carbonyl (C=O) groups excluding carboxylic acids is 1. The molecule has 140 valence electrons. The van der Waals surface area contributed by atoms with Crippen LogP contribution in [0.3, 0.4) is 0 Å². The minimum Gasteiger partial charge on any atom is -0.490 e. The minimum absolute atomic E-state index is 0.0184. The van der Waals surface area contributed by atoms with E-state index in [0.29, 0.717) is 29.9 Å². The Bertz CT molecular complexity index is 811. The number of amides is 1. The van der Waals surface area contributed by atoms with Gasteiger partial charge >= 0.3 is 5.63 Å². The van der Waals surface area contributed by atoms with E-state index in [0.717, 1.165) is 39.3 Å². The highest BCUT2D eigenvalue weighted by molar-refractivity contribution is 5.97. The SMILES string of the molecule is CCOc1cccc2cc(C(=O)NCCC[NH+]3CCOCC3)c(=O)oc12. The standard InChI is InChI=1S/C19H24N2O5/c1-2-25-16-6-3-5-14-13-15(19(23)26-17(14)16)18(22)20-7-4-8-21-9-11-24-12-10-21/h3,5-6,13H,2,4,7-12H2,1H3,(H,20,22)/p+1. The van der Waals surface area contributed by atoms with E-state index < -0.39 is 11.5 Å². The fraction of sp³-hybridized carbons (Fsp3) is 0.474. The van der Waals surface area contributed by atoms with Crippen LogP contribution in [0.15, 0.2) is 33.5 Å². The smallest absolute Gasteiger partial charge is 0.349 e. The molecule has 7 heteroatoms. The van der Waals surface area contributed by atoms with Crippen LogP contribution in [0, 0.1) is 0 Å². The number of hydrogen-bond donors (Lipinski definition) is 2. The molecule has 1 aromatic heterocycles. The van der Waals surface area contributed by atoms with Gasteiger partial charge in [-0.25, -0.2) is 4.79 Å². The van der Waals surface area contributed by atoms with Crippen LogP contribution >= 0.6 is 0 Å². The van der Waals surface area contributed by atoms with Crippen molar-refractivity contribution >= 4 is 16.9 Å².